The molecule has 0 spiro atoms. The van der Waals surface area contributed by atoms with E-state index in [1.807, 2.05) is 42.5 Å². The molecule has 1 unspecified atom stereocenters. The van der Waals surface area contributed by atoms with Crippen molar-refractivity contribution in [2.75, 3.05) is 13.2 Å². The Morgan fingerprint density at radius 1 is 1.08 bits per heavy atom. The zero-order chi connectivity index (χ0) is 19.0. The van der Waals surface area contributed by atoms with Gasteiger partial charge in [0, 0.05) is 12.0 Å². The van der Waals surface area contributed by atoms with Crippen molar-refractivity contribution < 1.29 is 29.1 Å². The van der Waals surface area contributed by atoms with E-state index in [1.54, 1.807) is 0 Å². The van der Waals surface area contributed by atoms with Crippen molar-refractivity contribution in [1.29, 1.82) is 0 Å². The SMILES string of the molecule is O=P(O)(O)O.OCCN/N=C1/CC(c2ccccc2)Oc2ccccc21. The minimum Gasteiger partial charge on any atom is -0.485 e. The molecular formula is C17H21N2O6P. The molecule has 1 heterocycles. The number of nitrogens with zero attached hydrogens (tertiary/aromatic N) is 1. The van der Waals surface area contributed by atoms with Crippen molar-refractivity contribution >= 4 is 13.5 Å². The summed E-state index contributed by atoms with van der Waals surface area (Å²) in [5, 5.41) is 13.3. The molecule has 1 aliphatic heterocycles. The maximum absolute atomic E-state index is 8.88. The molecule has 0 saturated carbocycles. The monoisotopic (exact) mass is 380 g/mol. The number of para-hydroxylation sites is 1. The fourth-order valence-corrected chi connectivity index (χ4v) is 2.45. The lowest BCUT2D eigenvalue weighted by Crippen LogP contribution is -2.24. The van der Waals surface area contributed by atoms with Crippen LogP contribution in [0.25, 0.3) is 0 Å². The van der Waals surface area contributed by atoms with Crippen LogP contribution in [0.1, 0.15) is 23.7 Å². The van der Waals surface area contributed by atoms with E-state index in [0.717, 1.165) is 22.6 Å². The number of phosphoric acid groups is 1. The smallest absolute Gasteiger partial charge is 0.466 e. The highest BCUT2D eigenvalue weighted by Gasteiger charge is 2.25. The molecule has 0 bridgehead atoms. The number of hydrogen-bond acceptors (Lipinski definition) is 5. The fraction of sp³-hybridized carbons (Fsp3) is 0.235. The van der Waals surface area contributed by atoms with E-state index in [2.05, 4.69) is 22.7 Å². The number of benzene rings is 2. The first-order valence-corrected chi connectivity index (χ1v) is 9.44. The second kappa shape index (κ2) is 9.47. The van der Waals surface area contributed by atoms with Crippen LogP contribution in [0.2, 0.25) is 0 Å². The Bertz CT molecular complexity index is 770. The minimum absolute atomic E-state index is 0.0317. The Kier molecular flexibility index (Phi) is 7.32. The number of aliphatic hydroxyl groups excluding tert-OH is 1. The standard InChI is InChI=1S/C17H18N2O2.H3O4P/c20-11-10-18-19-15-12-17(13-6-2-1-3-7-13)21-16-9-5-4-8-14(15)16;1-5(2,3)4/h1-9,17-18,20H,10-12H2;(H3,1,2,3,4)/b19-15-;. The fourth-order valence-electron chi connectivity index (χ4n) is 2.45. The molecule has 0 radical (unpaired) electrons. The van der Waals surface area contributed by atoms with Crippen LogP contribution < -0.4 is 10.2 Å². The summed E-state index contributed by atoms with van der Waals surface area (Å²) in [4.78, 5) is 21.6. The number of hydrogen-bond donors (Lipinski definition) is 5. The molecule has 0 aliphatic carbocycles. The minimum atomic E-state index is -4.64. The number of rotatable bonds is 4. The summed E-state index contributed by atoms with van der Waals surface area (Å²) in [6.07, 6.45) is 0.676. The number of ether oxygens (including phenoxy) is 1. The maximum atomic E-state index is 8.88. The Labute approximate surface area is 151 Å². The van der Waals surface area contributed by atoms with Crippen LogP contribution in [0.4, 0.5) is 0 Å². The quantitative estimate of drug-likeness (QED) is 0.309. The molecule has 0 aromatic heterocycles. The van der Waals surface area contributed by atoms with Crippen LogP contribution in [-0.4, -0.2) is 38.7 Å². The molecular weight excluding hydrogens is 359 g/mol. The molecule has 3 rings (SSSR count). The summed E-state index contributed by atoms with van der Waals surface area (Å²) in [7, 11) is -4.64. The number of aliphatic hydroxyl groups is 1. The summed E-state index contributed by atoms with van der Waals surface area (Å²) in [6.45, 7) is 0.513. The van der Waals surface area contributed by atoms with Gasteiger partial charge in [0.1, 0.15) is 11.9 Å². The van der Waals surface area contributed by atoms with Gasteiger partial charge in [-0.3, -0.25) is 0 Å². The summed E-state index contributed by atoms with van der Waals surface area (Å²) in [5.41, 5.74) is 6.01. The first kappa shape index (κ1) is 20.1. The molecule has 26 heavy (non-hydrogen) atoms. The van der Waals surface area contributed by atoms with Gasteiger partial charge in [0.05, 0.1) is 18.9 Å². The second-order valence-electron chi connectivity index (χ2n) is 5.42. The normalized spacial score (nSPS) is 17.5. The molecule has 5 N–H and O–H groups in total. The Morgan fingerprint density at radius 3 is 2.35 bits per heavy atom. The summed E-state index contributed by atoms with van der Waals surface area (Å²) in [5.74, 6) is 0.849. The maximum Gasteiger partial charge on any atom is 0.466 e. The molecule has 8 nitrogen and oxygen atoms in total. The Hall–Kier alpha value is -2.22. The van der Waals surface area contributed by atoms with Crippen LogP contribution in [0.15, 0.2) is 59.7 Å². The summed E-state index contributed by atoms with van der Waals surface area (Å²) in [6, 6.07) is 18.1. The zero-order valence-electron chi connectivity index (χ0n) is 13.9. The van der Waals surface area contributed by atoms with E-state index < -0.39 is 7.82 Å². The van der Waals surface area contributed by atoms with Gasteiger partial charge in [-0.05, 0) is 17.7 Å². The van der Waals surface area contributed by atoms with E-state index in [1.165, 1.54) is 0 Å². The zero-order valence-corrected chi connectivity index (χ0v) is 14.8. The van der Waals surface area contributed by atoms with Crippen LogP contribution >= 0.6 is 7.82 Å². The molecule has 0 fully saturated rings. The van der Waals surface area contributed by atoms with Crippen molar-refractivity contribution in [2.24, 2.45) is 5.10 Å². The van der Waals surface area contributed by atoms with Gasteiger partial charge in [-0.25, -0.2) is 4.57 Å². The first-order valence-electron chi connectivity index (χ1n) is 7.88. The lowest BCUT2D eigenvalue weighted by atomic mass is 9.96. The van der Waals surface area contributed by atoms with E-state index in [4.69, 9.17) is 29.1 Å². The average molecular weight is 380 g/mol. The predicted molar refractivity (Wildman–Crippen MR) is 96.8 cm³/mol. The van der Waals surface area contributed by atoms with E-state index in [9.17, 15) is 0 Å². The van der Waals surface area contributed by atoms with Crippen molar-refractivity contribution in [1.82, 2.24) is 5.43 Å². The van der Waals surface area contributed by atoms with Crippen LogP contribution in [0.5, 0.6) is 5.75 Å². The average Bonchev–Trinajstić information content (AvgIpc) is 2.61. The van der Waals surface area contributed by atoms with Crippen molar-refractivity contribution in [3.8, 4) is 5.75 Å². The Balaban J connectivity index is 0.000000431. The number of hydrazone groups is 1. The third-order valence-electron chi connectivity index (χ3n) is 3.45. The van der Waals surface area contributed by atoms with Crippen LogP contribution in [0.3, 0.4) is 0 Å². The third kappa shape index (κ3) is 6.59. The van der Waals surface area contributed by atoms with E-state index >= 15 is 0 Å². The second-order valence-corrected chi connectivity index (χ2v) is 6.45. The lowest BCUT2D eigenvalue weighted by Gasteiger charge is -2.27. The van der Waals surface area contributed by atoms with Gasteiger partial charge >= 0.3 is 7.82 Å². The highest BCUT2D eigenvalue weighted by molar-refractivity contribution is 7.45. The largest absolute Gasteiger partial charge is 0.485 e. The topological polar surface area (TPSA) is 132 Å². The molecule has 0 saturated heterocycles. The Morgan fingerprint density at radius 2 is 1.69 bits per heavy atom. The molecule has 2 aromatic rings. The first-order chi connectivity index (χ1) is 12.4. The van der Waals surface area contributed by atoms with Gasteiger partial charge < -0.3 is 29.9 Å². The third-order valence-corrected chi connectivity index (χ3v) is 3.45. The predicted octanol–water partition coefficient (Wildman–Crippen LogP) is 1.57. The summed E-state index contributed by atoms with van der Waals surface area (Å²) < 4.78 is 15.0. The van der Waals surface area contributed by atoms with Gasteiger partial charge in [0.15, 0.2) is 0 Å². The molecule has 140 valence electrons. The van der Waals surface area contributed by atoms with E-state index in [-0.39, 0.29) is 12.7 Å². The van der Waals surface area contributed by atoms with Crippen molar-refractivity contribution in [3.63, 3.8) is 0 Å². The van der Waals surface area contributed by atoms with Gasteiger partial charge in [-0.1, -0.05) is 42.5 Å². The molecule has 1 atom stereocenters. The lowest BCUT2D eigenvalue weighted by molar-refractivity contribution is 0.206. The number of fused-ring (bicyclic) bond motifs is 1. The molecule has 1 aliphatic rings. The summed E-state index contributed by atoms with van der Waals surface area (Å²) >= 11 is 0. The molecule has 9 heteroatoms. The van der Waals surface area contributed by atoms with Crippen molar-refractivity contribution in [3.05, 3.63) is 65.7 Å². The van der Waals surface area contributed by atoms with Crippen LogP contribution in [0, 0.1) is 0 Å². The highest BCUT2D eigenvalue weighted by Crippen LogP contribution is 2.34. The van der Waals surface area contributed by atoms with Gasteiger partial charge in [0.2, 0.25) is 0 Å². The van der Waals surface area contributed by atoms with Gasteiger partial charge in [-0.15, -0.1) is 0 Å². The van der Waals surface area contributed by atoms with Crippen LogP contribution in [-0.2, 0) is 4.57 Å². The van der Waals surface area contributed by atoms with Crippen molar-refractivity contribution in [2.45, 2.75) is 12.5 Å². The molecule has 0 amide bonds. The number of nitrogens with one attached hydrogen (secondary N) is 1. The highest BCUT2D eigenvalue weighted by atomic mass is 31.2. The van der Waals surface area contributed by atoms with Gasteiger partial charge in [0.25, 0.3) is 0 Å². The van der Waals surface area contributed by atoms with E-state index in [0.29, 0.717) is 13.0 Å². The molecule has 2 aromatic carbocycles. The van der Waals surface area contributed by atoms with Gasteiger partial charge in [-0.2, -0.15) is 5.10 Å².